The van der Waals surface area contributed by atoms with E-state index in [0.29, 0.717) is 0 Å². The van der Waals surface area contributed by atoms with Crippen molar-refractivity contribution in [2.75, 3.05) is 6.61 Å². The summed E-state index contributed by atoms with van der Waals surface area (Å²) in [5, 5.41) is 11.5. The Bertz CT molecular complexity index is 409. The summed E-state index contributed by atoms with van der Waals surface area (Å²) in [4.78, 5) is 11.8. The van der Waals surface area contributed by atoms with Crippen LogP contribution in [0.2, 0.25) is 5.02 Å². The van der Waals surface area contributed by atoms with Crippen molar-refractivity contribution in [2.24, 2.45) is 5.92 Å². The lowest BCUT2D eigenvalue weighted by molar-refractivity contribution is 0.0892. The molecule has 94 valence electrons. The predicted octanol–water partition coefficient (Wildman–Crippen LogP) is 2.23. The highest BCUT2D eigenvalue weighted by Gasteiger charge is 2.19. The van der Waals surface area contributed by atoms with Crippen molar-refractivity contribution in [1.29, 1.82) is 0 Å². The van der Waals surface area contributed by atoms with E-state index in [1.807, 2.05) is 13.8 Å². The molecule has 0 heterocycles. The van der Waals surface area contributed by atoms with Gasteiger partial charge in [0.15, 0.2) is 5.82 Å². The number of carbonyl (C=O) groups excluding carboxylic acids is 1. The zero-order valence-electron chi connectivity index (χ0n) is 9.71. The Morgan fingerprint density at radius 2 is 2.18 bits per heavy atom. The van der Waals surface area contributed by atoms with Crippen LogP contribution >= 0.6 is 11.6 Å². The second-order valence-corrected chi connectivity index (χ2v) is 4.52. The lowest BCUT2D eigenvalue weighted by Gasteiger charge is -2.20. The minimum absolute atomic E-state index is 0.0613. The summed E-state index contributed by atoms with van der Waals surface area (Å²) in [6.07, 6.45) is 0. The largest absolute Gasteiger partial charge is 0.394 e. The maximum Gasteiger partial charge on any atom is 0.254 e. The van der Waals surface area contributed by atoms with Crippen molar-refractivity contribution >= 4 is 17.5 Å². The highest BCUT2D eigenvalue weighted by atomic mass is 35.5. The Morgan fingerprint density at radius 3 is 2.71 bits per heavy atom. The maximum atomic E-state index is 13.6. The van der Waals surface area contributed by atoms with Gasteiger partial charge in [-0.1, -0.05) is 31.5 Å². The third-order valence-corrected chi connectivity index (χ3v) is 2.81. The van der Waals surface area contributed by atoms with Crippen LogP contribution in [0.4, 0.5) is 4.39 Å². The van der Waals surface area contributed by atoms with E-state index in [1.165, 1.54) is 18.2 Å². The number of benzene rings is 1. The lowest BCUT2D eigenvalue weighted by Crippen LogP contribution is -2.41. The van der Waals surface area contributed by atoms with E-state index >= 15 is 0 Å². The molecule has 3 nitrogen and oxygen atoms in total. The SMILES string of the molecule is CC(C)C(CO)NC(=O)c1cccc(Cl)c1F. The molecule has 1 aromatic carbocycles. The summed E-state index contributed by atoms with van der Waals surface area (Å²) in [5.41, 5.74) is -0.114. The first kappa shape index (κ1) is 13.9. The number of halogens is 2. The number of nitrogens with one attached hydrogen (secondary N) is 1. The number of rotatable bonds is 4. The summed E-state index contributed by atoms with van der Waals surface area (Å²) >= 11 is 5.59. The molecule has 5 heteroatoms. The van der Waals surface area contributed by atoms with E-state index in [2.05, 4.69) is 5.32 Å². The number of hydrogen-bond donors (Lipinski definition) is 2. The first-order chi connectivity index (χ1) is 7.97. The molecule has 17 heavy (non-hydrogen) atoms. The van der Waals surface area contributed by atoms with Crippen LogP contribution in [0.25, 0.3) is 0 Å². The van der Waals surface area contributed by atoms with Gasteiger partial charge in [0.2, 0.25) is 0 Å². The van der Waals surface area contributed by atoms with Crippen molar-refractivity contribution in [3.63, 3.8) is 0 Å². The average Bonchev–Trinajstić information content (AvgIpc) is 2.28. The molecule has 0 saturated heterocycles. The molecule has 2 N–H and O–H groups in total. The van der Waals surface area contributed by atoms with E-state index in [-0.39, 0.29) is 23.1 Å². The Labute approximate surface area is 105 Å². The van der Waals surface area contributed by atoms with Gasteiger partial charge in [0, 0.05) is 0 Å². The fourth-order valence-corrected chi connectivity index (χ4v) is 1.52. The summed E-state index contributed by atoms with van der Waals surface area (Å²) in [6, 6.07) is 3.83. The van der Waals surface area contributed by atoms with Gasteiger partial charge in [0.1, 0.15) is 0 Å². The summed E-state index contributed by atoms with van der Waals surface area (Å²) < 4.78 is 13.6. The Balaban J connectivity index is 2.86. The highest BCUT2D eigenvalue weighted by Crippen LogP contribution is 2.18. The normalized spacial score (nSPS) is 12.6. The van der Waals surface area contributed by atoms with Crippen LogP contribution in [-0.2, 0) is 0 Å². The van der Waals surface area contributed by atoms with Gasteiger partial charge in [-0.2, -0.15) is 0 Å². The number of carbonyl (C=O) groups is 1. The zero-order valence-corrected chi connectivity index (χ0v) is 10.5. The molecule has 0 radical (unpaired) electrons. The molecule has 1 atom stereocenters. The van der Waals surface area contributed by atoms with Crippen LogP contribution in [0, 0.1) is 11.7 Å². The third-order valence-electron chi connectivity index (χ3n) is 2.51. The van der Waals surface area contributed by atoms with Crippen molar-refractivity contribution in [3.8, 4) is 0 Å². The molecule has 0 spiro atoms. The molecule has 0 bridgehead atoms. The van der Waals surface area contributed by atoms with Gasteiger partial charge in [-0.3, -0.25) is 4.79 Å². The van der Waals surface area contributed by atoms with E-state index in [9.17, 15) is 9.18 Å². The van der Waals surface area contributed by atoms with Crippen LogP contribution in [0.5, 0.6) is 0 Å². The van der Waals surface area contributed by atoms with E-state index in [4.69, 9.17) is 16.7 Å². The molecular formula is C12H15ClFNO2. The summed E-state index contributed by atoms with van der Waals surface area (Å²) in [5.74, 6) is -1.25. The molecule has 0 aliphatic rings. The second-order valence-electron chi connectivity index (χ2n) is 4.11. The van der Waals surface area contributed by atoms with E-state index < -0.39 is 17.8 Å². The lowest BCUT2D eigenvalue weighted by atomic mass is 10.0. The molecule has 0 saturated carbocycles. The number of aliphatic hydroxyl groups is 1. The highest BCUT2D eigenvalue weighted by molar-refractivity contribution is 6.31. The van der Waals surface area contributed by atoms with Crippen molar-refractivity contribution in [2.45, 2.75) is 19.9 Å². The van der Waals surface area contributed by atoms with Crippen LogP contribution in [-0.4, -0.2) is 23.7 Å². The Kier molecular flexibility index (Phi) is 4.90. The average molecular weight is 260 g/mol. The van der Waals surface area contributed by atoms with Gasteiger partial charge >= 0.3 is 0 Å². The van der Waals surface area contributed by atoms with Crippen LogP contribution < -0.4 is 5.32 Å². The molecule has 1 aromatic rings. The van der Waals surface area contributed by atoms with Crippen molar-refractivity contribution in [1.82, 2.24) is 5.32 Å². The fraction of sp³-hybridized carbons (Fsp3) is 0.417. The minimum Gasteiger partial charge on any atom is -0.394 e. The number of aliphatic hydroxyl groups excluding tert-OH is 1. The molecule has 1 rings (SSSR count). The molecule has 0 aromatic heterocycles. The van der Waals surface area contributed by atoms with Gasteiger partial charge in [-0.15, -0.1) is 0 Å². The smallest absolute Gasteiger partial charge is 0.254 e. The fourth-order valence-electron chi connectivity index (χ4n) is 1.35. The first-order valence-corrected chi connectivity index (χ1v) is 5.71. The van der Waals surface area contributed by atoms with Gasteiger partial charge in [0.25, 0.3) is 5.91 Å². The van der Waals surface area contributed by atoms with E-state index in [1.54, 1.807) is 0 Å². The number of hydrogen-bond acceptors (Lipinski definition) is 2. The first-order valence-electron chi connectivity index (χ1n) is 5.33. The van der Waals surface area contributed by atoms with Crippen LogP contribution in [0.3, 0.4) is 0 Å². The standard InChI is InChI=1S/C12H15ClFNO2/c1-7(2)10(6-16)15-12(17)8-4-3-5-9(13)11(8)14/h3-5,7,10,16H,6H2,1-2H3,(H,15,17). The predicted molar refractivity (Wildman–Crippen MR) is 64.6 cm³/mol. The van der Waals surface area contributed by atoms with Gasteiger partial charge in [-0.25, -0.2) is 4.39 Å². The van der Waals surface area contributed by atoms with E-state index in [0.717, 1.165) is 0 Å². The molecule has 0 aliphatic heterocycles. The Morgan fingerprint density at radius 1 is 1.53 bits per heavy atom. The van der Waals surface area contributed by atoms with Gasteiger partial charge < -0.3 is 10.4 Å². The van der Waals surface area contributed by atoms with Crippen molar-refractivity contribution < 1.29 is 14.3 Å². The molecular weight excluding hydrogens is 245 g/mol. The maximum absolute atomic E-state index is 13.6. The number of amides is 1. The van der Waals surface area contributed by atoms with Gasteiger partial charge in [0.05, 0.1) is 23.2 Å². The molecule has 0 fully saturated rings. The van der Waals surface area contributed by atoms with Crippen LogP contribution in [0.15, 0.2) is 18.2 Å². The quantitative estimate of drug-likeness (QED) is 0.871. The Hall–Kier alpha value is -1.13. The minimum atomic E-state index is -0.743. The summed E-state index contributed by atoms with van der Waals surface area (Å²) in [7, 11) is 0. The molecule has 0 aliphatic carbocycles. The van der Waals surface area contributed by atoms with Gasteiger partial charge in [-0.05, 0) is 18.1 Å². The monoisotopic (exact) mass is 259 g/mol. The topological polar surface area (TPSA) is 49.3 Å². The third kappa shape index (κ3) is 3.41. The molecule has 1 unspecified atom stereocenters. The second kappa shape index (κ2) is 5.98. The molecule has 1 amide bonds. The summed E-state index contributed by atoms with van der Waals surface area (Å²) in [6.45, 7) is 3.52. The van der Waals surface area contributed by atoms with Crippen molar-refractivity contribution in [3.05, 3.63) is 34.6 Å². The van der Waals surface area contributed by atoms with Crippen LogP contribution in [0.1, 0.15) is 24.2 Å². The zero-order chi connectivity index (χ0) is 13.0.